The van der Waals surface area contributed by atoms with Crippen LogP contribution in [0.25, 0.3) is 0 Å². The van der Waals surface area contributed by atoms with E-state index in [1.165, 1.54) is 5.56 Å². The van der Waals surface area contributed by atoms with E-state index < -0.39 is 6.10 Å². The van der Waals surface area contributed by atoms with E-state index in [0.29, 0.717) is 0 Å². The zero-order valence-corrected chi connectivity index (χ0v) is 12.2. The largest absolute Gasteiger partial charge is 0.390 e. The molecule has 4 heteroatoms. The summed E-state index contributed by atoms with van der Waals surface area (Å²) >= 11 is 0. The van der Waals surface area contributed by atoms with Gasteiger partial charge in [-0.15, -0.1) is 0 Å². The van der Waals surface area contributed by atoms with Crippen molar-refractivity contribution in [3.63, 3.8) is 0 Å². The van der Waals surface area contributed by atoms with Gasteiger partial charge in [0.2, 0.25) is 0 Å². The molecule has 1 aromatic heterocycles. The van der Waals surface area contributed by atoms with Crippen molar-refractivity contribution in [3.8, 4) is 0 Å². The number of ether oxygens (including phenoxy) is 1. The summed E-state index contributed by atoms with van der Waals surface area (Å²) in [6.45, 7) is 5.70. The van der Waals surface area contributed by atoms with Gasteiger partial charge in [-0.1, -0.05) is 13.0 Å². The molecule has 110 valence electrons. The summed E-state index contributed by atoms with van der Waals surface area (Å²) in [5, 5.41) is 10.8. The van der Waals surface area contributed by atoms with Crippen molar-refractivity contribution in [2.24, 2.45) is 0 Å². The second-order valence-electron chi connectivity index (χ2n) is 5.84. The Balaban J connectivity index is 1.76. The summed E-state index contributed by atoms with van der Waals surface area (Å²) in [7, 11) is 0. The maximum atomic E-state index is 10.8. The van der Waals surface area contributed by atoms with Crippen molar-refractivity contribution >= 4 is 0 Å². The van der Waals surface area contributed by atoms with Crippen LogP contribution in [-0.4, -0.2) is 53.4 Å². The highest BCUT2D eigenvalue weighted by Gasteiger charge is 2.35. The number of hydrogen-bond acceptors (Lipinski definition) is 4. The van der Waals surface area contributed by atoms with E-state index in [1.54, 1.807) is 0 Å². The Morgan fingerprint density at radius 1 is 1.55 bits per heavy atom. The topological polar surface area (TPSA) is 45.6 Å². The van der Waals surface area contributed by atoms with Crippen LogP contribution < -0.4 is 0 Å². The van der Waals surface area contributed by atoms with Gasteiger partial charge in [0, 0.05) is 30.9 Å². The molecular weight excluding hydrogens is 252 g/mol. The van der Waals surface area contributed by atoms with Crippen LogP contribution in [0.2, 0.25) is 0 Å². The summed E-state index contributed by atoms with van der Waals surface area (Å²) in [5.74, 6) is 0.127. The molecule has 2 aliphatic rings. The van der Waals surface area contributed by atoms with Crippen molar-refractivity contribution in [3.05, 3.63) is 29.6 Å². The Morgan fingerprint density at radius 3 is 3.30 bits per heavy atom. The first-order chi connectivity index (χ1) is 9.79. The van der Waals surface area contributed by atoms with E-state index in [2.05, 4.69) is 22.9 Å². The van der Waals surface area contributed by atoms with E-state index in [9.17, 15) is 5.11 Å². The minimum atomic E-state index is -0.446. The summed E-state index contributed by atoms with van der Waals surface area (Å²) < 4.78 is 5.82. The van der Waals surface area contributed by atoms with Gasteiger partial charge in [0.25, 0.3) is 0 Å². The normalized spacial score (nSPS) is 28.9. The lowest BCUT2D eigenvalue weighted by Gasteiger charge is -2.38. The minimum absolute atomic E-state index is 0.0818. The number of nitrogens with zero attached hydrogens (tertiary/aromatic N) is 2. The summed E-state index contributed by atoms with van der Waals surface area (Å²) in [6.07, 6.45) is 4.53. The number of aliphatic hydroxyl groups excluding tert-OH is 1. The molecular formula is C16H24N2O2. The van der Waals surface area contributed by atoms with E-state index >= 15 is 0 Å². The monoisotopic (exact) mass is 276 g/mol. The Hall–Kier alpha value is -0.970. The molecule has 1 fully saturated rings. The van der Waals surface area contributed by atoms with E-state index in [-0.39, 0.29) is 12.0 Å². The van der Waals surface area contributed by atoms with Crippen LogP contribution in [0.3, 0.4) is 0 Å². The lowest BCUT2D eigenvalue weighted by atomic mass is 9.81. The zero-order valence-electron chi connectivity index (χ0n) is 12.2. The van der Waals surface area contributed by atoms with Gasteiger partial charge >= 0.3 is 0 Å². The fourth-order valence-electron chi connectivity index (χ4n) is 3.46. The Morgan fingerprint density at radius 2 is 2.45 bits per heavy atom. The van der Waals surface area contributed by atoms with Crippen molar-refractivity contribution in [1.29, 1.82) is 0 Å². The number of rotatable bonds is 3. The van der Waals surface area contributed by atoms with E-state index in [1.807, 2.05) is 12.3 Å². The highest BCUT2D eigenvalue weighted by Crippen LogP contribution is 2.34. The third-order valence-corrected chi connectivity index (χ3v) is 4.66. The third-order valence-electron chi connectivity index (χ3n) is 4.66. The first-order valence-corrected chi connectivity index (χ1v) is 7.75. The van der Waals surface area contributed by atoms with Crippen LogP contribution in [0.1, 0.15) is 36.9 Å². The summed E-state index contributed by atoms with van der Waals surface area (Å²) in [6, 6.07) is 4.13. The molecule has 0 saturated carbocycles. The molecule has 0 aromatic carbocycles. The molecule has 0 radical (unpaired) electrons. The third kappa shape index (κ3) is 2.73. The fraction of sp³-hybridized carbons (Fsp3) is 0.688. The highest BCUT2D eigenvalue weighted by molar-refractivity contribution is 5.27. The molecule has 1 aliphatic carbocycles. The van der Waals surface area contributed by atoms with Crippen LogP contribution in [0.4, 0.5) is 0 Å². The van der Waals surface area contributed by atoms with E-state index in [4.69, 9.17) is 4.74 Å². The maximum Gasteiger partial charge on any atom is 0.0967 e. The number of aromatic nitrogens is 1. The maximum absolute atomic E-state index is 10.8. The average molecular weight is 276 g/mol. The van der Waals surface area contributed by atoms with Gasteiger partial charge in [0.1, 0.15) is 0 Å². The van der Waals surface area contributed by atoms with Gasteiger partial charge in [-0.3, -0.25) is 9.88 Å². The van der Waals surface area contributed by atoms with Gasteiger partial charge in [-0.25, -0.2) is 0 Å². The van der Waals surface area contributed by atoms with Crippen LogP contribution in [0, 0.1) is 0 Å². The summed E-state index contributed by atoms with van der Waals surface area (Å²) in [4.78, 5) is 6.87. The lowest BCUT2D eigenvalue weighted by molar-refractivity contribution is -0.0965. The number of pyridine rings is 1. The van der Waals surface area contributed by atoms with Crippen LogP contribution in [-0.2, 0) is 11.2 Å². The van der Waals surface area contributed by atoms with Gasteiger partial charge in [0.15, 0.2) is 0 Å². The van der Waals surface area contributed by atoms with Crippen molar-refractivity contribution < 1.29 is 9.84 Å². The van der Waals surface area contributed by atoms with Crippen molar-refractivity contribution in [2.45, 2.75) is 44.3 Å². The molecule has 3 rings (SSSR count). The molecule has 20 heavy (non-hydrogen) atoms. The van der Waals surface area contributed by atoms with Crippen molar-refractivity contribution in [1.82, 2.24) is 9.88 Å². The molecule has 1 saturated heterocycles. The fourth-order valence-corrected chi connectivity index (χ4v) is 3.46. The molecule has 4 nitrogen and oxygen atoms in total. The average Bonchev–Trinajstić information content (AvgIpc) is 2.53. The predicted molar refractivity (Wildman–Crippen MR) is 77.8 cm³/mol. The molecule has 2 heterocycles. The SMILES string of the molecule is CCN1CCOC(C(O)C2CCCc3cccnc32)C1. The molecule has 0 bridgehead atoms. The van der Waals surface area contributed by atoms with Gasteiger partial charge in [-0.05, 0) is 37.4 Å². The second-order valence-corrected chi connectivity index (χ2v) is 5.84. The number of aryl methyl sites for hydroxylation is 1. The Labute approximate surface area is 120 Å². The number of hydrogen-bond donors (Lipinski definition) is 1. The quantitative estimate of drug-likeness (QED) is 0.910. The van der Waals surface area contributed by atoms with Crippen LogP contribution in [0.5, 0.6) is 0 Å². The van der Waals surface area contributed by atoms with E-state index in [0.717, 1.165) is 51.2 Å². The number of likely N-dealkylation sites (N-methyl/N-ethyl adjacent to an activating group) is 1. The first kappa shape index (κ1) is 14.0. The molecule has 3 unspecified atom stereocenters. The molecule has 1 aromatic rings. The standard InChI is InChI=1S/C16H24N2O2/c1-2-18-9-10-20-14(11-18)16(19)13-7-3-5-12-6-4-8-17-15(12)13/h4,6,8,13-14,16,19H,2-3,5,7,9-11H2,1H3. The molecule has 0 spiro atoms. The Bertz CT molecular complexity index is 452. The number of morpholine rings is 1. The predicted octanol–water partition coefficient (Wildman–Crippen LogP) is 1.58. The first-order valence-electron chi connectivity index (χ1n) is 7.75. The zero-order chi connectivity index (χ0) is 13.9. The molecule has 1 aliphatic heterocycles. The van der Waals surface area contributed by atoms with Crippen molar-refractivity contribution in [2.75, 3.05) is 26.2 Å². The molecule has 1 N–H and O–H groups in total. The van der Waals surface area contributed by atoms with Crippen LogP contribution >= 0.6 is 0 Å². The van der Waals surface area contributed by atoms with Crippen LogP contribution in [0.15, 0.2) is 18.3 Å². The lowest BCUT2D eigenvalue weighted by Crippen LogP contribution is -2.49. The smallest absolute Gasteiger partial charge is 0.0967 e. The highest BCUT2D eigenvalue weighted by atomic mass is 16.5. The number of aliphatic hydroxyl groups is 1. The van der Waals surface area contributed by atoms with Gasteiger partial charge < -0.3 is 9.84 Å². The van der Waals surface area contributed by atoms with Gasteiger partial charge in [0.05, 0.1) is 18.8 Å². The molecule has 3 atom stereocenters. The number of fused-ring (bicyclic) bond motifs is 1. The molecule has 0 amide bonds. The second kappa shape index (κ2) is 6.20. The summed E-state index contributed by atoms with van der Waals surface area (Å²) in [5.41, 5.74) is 2.38. The Kier molecular flexibility index (Phi) is 4.34. The minimum Gasteiger partial charge on any atom is -0.390 e. The van der Waals surface area contributed by atoms with Gasteiger partial charge in [-0.2, -0.15) is 0 Å².